The highest BCUT2D eigenvalue weighted by atomic mass is 32.1. The molecule has 1 saturated heterocycles. The Labute approximate surface area is 131 Å². The van der Waals surface area contributed by atoms with Gasteiger partial charge in [0, 0.05) is 18.8 Å². The van der Waals surface area contributed by atoms with Crippen molar-refractivity contribution in [3.05, 3.63) is 29.6 Å². The molecule has 2 N–H and O–H groups in total. The van der Waals surface area contributed by atoms with Crippen LogP contribution in [0.1, 0.15) is 50.5 Å². The highest BCUT2D eigenvalue weighted by Crippen LogP contribution is 2.45. The van der Waals surface area contributed by atoms with E-state index in [1.165, 1.54) is 51.0 Å². The first-order valence-electron chi connectivity index (χ1n) is 7.95. The Balaban J connectivity index is 1.78. The number of hydrogen-bond acceptors (Lipinski definition) is 2. The molecule has 0 amide bonds. The summed E-state index contributed by atoms with van der Waals surface area (Å²) < 4.78 is 14.0. The molecule has 0 aromatic heterocycles. The molecule has 0 atom stereocenters. The van der Waals surface area contributed by atoms with E-state index in [9.17, 15) is 4.39 Å². The predicted octanol–water partition coefficient (Wildman–Crippen LogP) is 4.01. The average molecular weight is 306 g/mol. The Morgan fingerprint density at radius 3 is 2.38 bits per heavy atom. The second-order valence-electron chi connectivity index (χ2n) is 6.55. The van der Waals surface area contributed by atoms with Gasteiger partial charge < -0.3 is 10.6 Å². The van der Waals surface area contributed by atoms with E-state index in [0.717, 1.165) is 18.8 Å². The summed E-state index contributed by atoms with van der Waals surface area (Å²) in [5.74, 6) is -0.307. The SMILES string of the molecule is NC(=S)c1c(F)cccc1N1CCC2(CCCCC2)CC1. The van der Waals surface area contributed by atoms with E-state index in [1.54, 1.807) is 6.07 Å². The third kappa shape index (κ3) is 2.91. The van der Waals surface area contributed by atoms with Crippen LogP contribution in [-0.4, -0.2) is 18.1 Å². The third-order valence-corrected chi connectivity index (χ3v) is 5.52. The van der Waals surface area contributed by atoms with Gasteiger partial charge in [-0.05, 0) is 43.2 Å². The van der Waals surface area contributed by atoms with Gasteiger partial charge in [0.1, 0.15) is 10.8 Å². The normalized spacial score (nSPS) is 21.5. The fraction of sp³-hybridized carbons (Fsp3) is 0.588. The summed E-state index contributed by atoms with van der Waals surface area (Å²) in [5.41, 5.74) is 7.55. The van der Waals surface area contributed by atoms with Gasteiger partial charge in [0.05, 0.1) is 5.56 Å². The number of hydrogen-bond donors (Lipinski definition) is 1. The molecule has 1 aromatic carbocycles. The van der Waals surface area contributed by atoms with Crippen LogP contribution in [0, 0.1) is 11.2 Å². The molecule has 2 aliphatic rings. The van der Waals surface area contributed by atoms with Gasteiger partial charge in [-0.1, -0.05) is 37.5 Å². The average Bonchev–Trinajstić information content (AvgIpc) is 2.48. The van der Waals surface area contributed by atoms with Crippen molar-refractivity contribution in [2.75, 3.05) is 18.0 Å². The fourth-order valence-corrected chi connectivity index (χ4v) is 4.25. The van der Waals surface area contributed by atoms with Crippen molar-refractivity contribution in [3.63, 3.8) is 0 Å². The third-order valence-electron chi connectivity index (χ3n) is 5.32. The number of nitrogens with zero attached hydrogens (tertiary/aromatic N) is 1. The lowest BCUT2D eigenvalue weighted by Gasteiger charge is -2.45. The maximum atomic E-state index is 14.0. The minimum Gasteiger partial charge on any atom is -0.389 e. The van der Waals surface area contributed by atoms with Crippen LogP contribution >= 0.6 is 12.2 Å². The van der Waals surface area contributed by atoms with E-state index in [2.05, 4.69) is 4.90 Å². The summed E-state index contributed by atoms with van der Waals surface area (Å²) in [6.45, 7) is 1.97. The first-order valence-corrected chi connectivity index (χ1v) is 8.35. The van der Waals surface area contributed by atoms with Gasteiger partial charge in [0.2, 0.25) is 0 Å². The van der Waals surface area contributed by atoms with Gasteiger partial charge >= 0.3 is 0 Å². The number of nitrogens with two attached hydrogens (primary N) is 1. The Morgan fingerprint density at radius 2 is 1.76 bits per heavy atom. The summed E-state index contributed by atoms with van der Waals surface area (Å²) >= 11 is 5.04. The molecule has 1 aliphatic carbocycles. The molecule has 4 heteroatoms. The summed E-state index contributed by atoms with van der Waals surface area (Å²) in [6.07, 6.45) is 9.29. The zero-order valence-electron chi connectivity index (χ0n) is 12.4. The maximum Gasteiger partial charge on any atom is 0.135 e. The van der Waals surface area contributed by atoms with Crippen molar-refractivity contribution >= 4 is 22.9 Å². The molecule has 1 aliphatic heterocycles. The lowest BCUT2D eigenvalue weighted by molar-refractivity contribution is 0.144. The van der Waals surface area contributed by atoms with E-state index >= 15 is 0 Å². The molecule has 1 aromatic rings. The summed E-state index contributed by atoms with van der Waals surface area (Å²) in [5, 5.41) is 0. The smallest absolute Gasteiger partial charge is 0.135 e. The fourth-order valence-electron chi connectivity index (χ4n) is 4.04. The lowest BCUT2D eigenvalue weighted by Crippen LogP contribution is -2.41. The van der Waals surface area contributed by atoms with Gasteiger partial charge in [0.25, 0.3) is 0 Å². The first-order chi connectivity index (χ1) is 10.1. The van der Waals surface area contributed by atoms with Gasteiger partial charge in [-0.2, -0.15) is 0 Å². The molecular formula is C17H23FN2S. The minimum absolute atomic E-state index is 0.154. The monoisotopic (exact) mass is 306 g/mol. The topological polar surface area (TPSA) is 29.3 Å². The summed E-state index contributed by atoms with van der Waals surface area (Å²) in [4.78, 5) is 2.42. The molecular weight excluding hydrogens is 283 g/mol. The quantitative estimate of drug-likeness (QED) is 0.837. The second kappa shape index (κ2) is 5.91. The molecule has 3 rings (SSSR count). The van der Waals surface area contributed by atoms with Gasteiger partial charge in [0.15, 0.2) is 0 Å². The van der Waals surface area contributed by atoms with Crippen LogP contribution in [0.15, 0.2) is 18.2 Å². The number of anilines is 1. The maximum absolute atomic E-state index is 14.0. The molecule has 114 valence electrons. The van der Waals surface area contributed by atoms with Gasteiger partial charge in [-0.3, -0.25) is 0 Å². The number of thiocarbonyl (C=S) groups is 1. The zero-order chi connectivity index (χ0) is 14.9. The van der Waals surface area contributed by atoms with Crippen LogP contribution in [-0.2, 0) is 0 Å². The lowest BCUT2D eigenvalue weighted by atomic mass is 9.68. The molecule has 1 spiro atoms. The molecule has 2 nitrogen and oxygen atoms in total. The van der Waals surface area contributed by atoms with Gasteiger partial charge in [-0.25, -0.2) is 4.39 Å². The molecule has 1 heterocycles. The minimum atomic E-state index is -0.307. The van der Waals surface area contributed by atoms with Crippen molar-refractivity contribution in [1.29, 1.82) is 0 Å². The second-order valence-corrected chi connectivity index (χ2v) is 6.99. The molecule has 0 unspecified atom stereocenters. The van der Waals surface area contributed by atoms with Crippen LogP contribution in [0.4, 0.5) is 10.1 Å². The standard InChI is InChI=1S/C17H23FN2S/c18-13-5-4-6-14(15(13)16(19)21)20-11-9-17(10-12-20)7-2-1-3-8-17/h4-6H,1-3,7-12H2,(H2,19,21). The zero-order valence-corrected chi connectivity index (χ0v) is 13.2. The van der Waals surface area contributed by atoms with Crippen molar-refractivity contribution in [2.45, 2.75) is 44.9 Å². The first kappa shape index (κ1) is 14.8. The highest BCUT2D eigenvalue weighted by molar-refractivity contribution is 7.80. The molecule has 0 bridgehead atoms. The molecule has 0 radical (unpaired) electrons. The van der Waals surface area contributed by atoms with Crippen molar-refractivity contribution in [2.24, 2.45) is 11.1 Å². The van der Waals surface area contributed by atoms with Crippen LogP contribution in [0.2, 0.25) is 0 Å². The van der Waals surface area contributed by atoms with Crippen molar-refractivity contribution in [3.8, 4) is 0 Å². The van der Waals surface area contributed by atoms with E-state index in [-0.39, 0.29) is 10.8 Å². The summed E-state index contributed by atoms with van der Waals surface area (Å²) in [7, 11) is 0. The van der Waals surface area contributed by atoms with Crippen molar-refractivity contribution < 1.29 is 4.39 Å². The Hall–Kier alpha value is -1.16. The van der Waals surface area contributed by atoms with Crippen LogP contribution in [0.25, 0.3) is 0 Å². The highest BCUT2D eigenvalue weighted by Gasteiger charge is 2.36. The van der Waals surface area contributed by atoms with Crippen molar-refractivity contribution in [1.82, 2.24) is 0 Å². The number of piperidine rings is 1. The van der Waals surface area contributed by atoms with E-state index in [4.69, 9.17) is 18.0 Å². The number of rotatable bonds is 2. The Bertz CT molecular complexity index is 528. The molecule has 21 heavy (non-hydrogen) atoms. The van der Waals surface area contributed by atoms with Gasteiger partial charge in [-0.15, -0.1) is 0 Å². The summed E-state index contributed by atoms with van der Waals surface area (Å²) in [6, 6.07) is 5.12. The van der Waals surface area contributed by atoms with E-state index < -0.39 is 0 Å². The largest absolute Gasteiger partial charge is 0.389 e. The Morgan fingerprint density at radius 1 is 1.10 bits per heavy atom. The molecule has 2 fully saturated rings. The van der Waals surface area contributed by atoms with Crippen LogP contribution < -0.4 is 10.6 Å². The van der Waals surface area contributed by atoms with E-state index in [0.29, 0.717) is 11.0 Å². The predicted molar refractivity (Wildman–Crippen MR) is 89.3 cm³/mol. The van der Waals surface area contributed by atoms with Crippen LogP contribution in [0.5, 0.6) is 0 Å². The van der Waals surface area contributed by atoms with E-state index in [1.807, 2.05) is 6.07 Å². The van der Waals surface area contributed by atoms with Crippen LogP contribution in [0.3, 0.4) is 0 Å². The molecule has 1 saturated carbocycles. The Kier molecular flexibility index (Phi) is 4.16. The number of halogens is 1. The number of benzene rings is 1.